The van der Waals surface area contributed by atoms with Gasteiger partial charge in [-0.25, -0.2) is 4.68 Å². The second kappa shape index (κ2) is 4.57. The van der Waals surface area contributed by atoms with Gasteiger partial charge < -0.3 is 5.11 Å². The van der Waals surface area contributed by atoms with Gasteiger partial charge >= 0.3 is 0 Å². The molecule has 1 aromatic carbocycles. The highest BCUT2D eigenvalue weighted by atomic mass is 79.9. The molecule has 92 valence electrons. The Morgan fingerprint density at radius 2 is 1.94 bits per heavy atom. The number of hydrogen-bond acceptors (Lipinski definition) is 3. The van der Waals surface area contributed by atoms with Crippen molar-refractivity contribution in [1.82, 2.24) is 15.0 Å². The van der Waals surface area contributed by atoms with Gasteiger partial charge in [0.15, 0.2) is 0 Å². The molecule has 0 aliphatic carbocycles. The molecule has 1 atom stereocenters. The minimum absolute atomic E-state index is 0.154. The standard InChI is InChI=1S/C11H13Br2N3O/c1-5(2)6(3)16-8-4-7(12)11(17)9(13)10(8)14-15-16/h4-6,17H,1-3H3/t6-/m1/s1. The van der Waals surface area contributed by atoms with E-state index in [0.29, 0.717) is 20.4 Å². The molecule has 6 heteroatoms. The first-order chi connectivity index (χ1) is 7.93. The van der Waals surface area contributed by atoms with Crippen molar-refractivity contribution in [1.29, 1.82) is 0 Å². The van der Waals surface area contributed by atoms with E-state index in [1.165, 1.54) is 0 Å². The highest BCUT2D eigenvalue weighted by molar-refractivity contribution is 9.11. The fourth-order valence-electron chi connectivity index (χ4n) is 1.58. The average Bonchev–Trinajstić information content (AvgIpc) is 2.68. The molecule has 2 aromatic rings. The Labute approximate surface area is 116 Å². The van der Waals surface area contributed by atoms with Crippen molar-refractivity contribution in [2.24, 2.45) is 5.92 Å². The summed E-state index contributed by atoms with van der Waals surface area (Å²) in [5.41, 5.74) is 1.58. The molecule has 4 nitrogen and oxygen atoms in total. The van der Waals surface area contributed by atoms with Crippen LogP contribution in [-0.4, -0.2) is 20.1 Å². The van der Waals surface area contributed by atoms with Gasteiger partial charge in [0.1, 0.15) is 11.3 Å². The van der Waals surface area contributed by atoms with Gasteiger partial charge in [-0.2, -0.15) is 0 Å². The van der Waals surface area contributed by atoms with Crippen molar-refractivity contribution in [3.63, 3.8) is 0 Å². The van der Waals surface area contributed by atoms with E-state index in [-0.39, 0.29) is 11.8 Å². The van der Waals surface area contributed by atoms with Crippen molar-refractivity contribution in [2.75, 3.05) is 0 Å². The van der Waals surface area contributed by atoms with E-state index in [1.807, 2.05) is 10.7 Å². The number of rotatable bonds is 2. The summed E-state index contributed by atoms with van der Waals surface area (Å²) in [6.45, 7) is 6.39. The maximum atomic E-state index is 9.79. The first-order valence-corrected chi connectivity index (χ1v) is 6.94. The summed E-state index contributed by atoms with van der Waals surface area (Å²) in [5, 5.41) is 18.1. The summed E-state index contributed by atoms with van der Waals surface area (Å²) in [4.78, 5) is 0. The van der Waals surface area contributed by atoms with E-state index in [0.717, 1.165) is 5.52 Å². The number of fused-ring (bicyclic) bond motifs is 1. The van der Waals surface area contributed by atoms with E-state index in [9.17, 15) is 5.11 Å². The molecular weight excluding hydrogens is 350 g/mol. The number of hydrogen-bond donors (Lipinski definition) is 1. The Morgan fingerprint density at radius 3 is 2.53 bits per heavy atom. The quantitative estimate of drug-likeness (QED) is 0.881. The van der Waals surface area contributed by atoms with Crippen LogP contribution in [0.1, 0.15) is 26.8 Å². The molecule has 0 spiro atoms. The Kier molecular flexibility index (Phi) is 3.45. The van der Waals surface area contributed by atoms with Crippen LogP contribution in [0, 0.1) is 5.92 Å². The molecule has 1 heterocycles. The lowest BCUT2D eigenvalue weighted by Crippen LogP contribution is -2.12. The lowest BCUT2D eigenvalue weighted by atomic mass is 10.1. The van der Waals surface area contributed by atoms with E-state index >= 15 is 0 Å². The maximum Gasteiger partial charge on any atom is 0.146 e. The van der Waals surface area contributed by atoms with Crippen LogP contribution in [0.4, 0.5) is 0 Å². The smallest absolute Gasteiger partial charge is 0.146 e. The Hall–Kier alpha value is -0.620. The molecule has 2 rings (SSSR count). The highest BCUT2D eigenvalue weighted by Gasteiger charge is 2.18. The van der Waals surface area contributed by atoms with E-state index in [1.54, 1.807) is 0 Å². The second-order valence-corrected chi connectivity index (χ2v) is 6.05. The third-order valence-electron chi connectivity index (χ3n) is 2.99. The zero-order chi connectivity index (χ0) is 12.7. The van der Waals surface area contributed by atoms with Crippen molar-refractivity contribution < 1.29 is 5.11 Å². The van der Waals surface area contributed by atoms with Gasteiger partial charge in [-0.3, -0.25) is 0 Å². The van der Waals surface area contributed by atoms with Crippen LogP contribution in [0.5, 0.6) is 5.75 Å². The molecule has 0 bridgehead atoms. The molecule has 0 amide bonds. The molecule has 17 heavy (non-hydrogen) atoms. The zero-order valence-electron chi connectivity index (χ0n) is 9.78. The molecule has 0 fully saturated rings. The Morgan fingerprint density at radius 1 is 1.29 bits per heavy atom. The van der Waals surface area contributed by atoms with Gasteiger partial charge in [-0.15, -0.1) is 5.10 Å². The van der Waals surface area contributed by atoms with Crippen LogP contribution in [0.3, 0.4) is 0 Å². The van der Waals surface area contributed by atoms with Gasteiger partial charge in [0.05, 0.1) is 20.5 Å². The van der Waals surface area contributed by atoms with Crippen LogP contribution in [-0.2, 0) is 0 Å². The molecular formula is C11H13Br2N3O. The predicted molar refractivity (Wildman–Crippen MR) is 74.1 cm³/mol. The highest BCUT2D eigenvalue weighted by Crippen LogP contribution is 2.38. The third-order valence-corrected chi connectivity index (χ3v) is 4.34. The predicted octanol–water partition coefficient (Wildman–Crippen LogP) is 3.88. The van der Waals surface area contributed by atoms with Crippen molar-refractivity contribution in [3.8, 4) is 5.75 Å². The Bertz CT molecular complexity index is 565. The van der Waals surface area contributed by atoms with Gasteiger partial charge in [-0.1, -0.05) is 19.1 Å². The van der Waals surface area contributed by atoms with Crippen molar-refractivity contribution in [3.05, 3.63) is 15.0 Å². The molecule has 0 aliphatic heterocycles. The molecule has 0 saturated carbocycles. The van der Waals surface area contributed by atoms with Crippen LogP contribution in [0.2, 0.25) is 0 Å². The monoisotopic (exact) mass is 361 g/mol. The minimum atomic E-state index is 0.154. The van der Waals surface area contributed by atoms with E-state index in [2.05, 4.69) is 62.9 Å². The summed E-state index contributed by atoms with van der Waals surface area (Å²) >= 11 is 6.66. The minimum Gasteiger partial charge on any atom is -0.505 e. The number of phenols is 1. The number of aromatic nitrogens is 3. The number of phenolic OH excluding ortho intramolecular Hbond substituents is 1. The number of halogens is 2. The van der Waals surface area contributed by atoms with Gasteiger partial charge in [-0.05, 0) is 50.8 Å². The largest absolute Gasteiger partial charge is 0.505 e. The molecule has 0 saturated heterocycles. The van der Waals surface area contributed by atoms with Crippen LogP contribution < -0.4 is 0 Å². The lowest BCUT2D eigenvalue weighted by Gasteiger charge is -2.16. The van der Waals surface area contributed by atoms with Crippen LogP contribution >= 0.6 is 31.9 Å². The lowest BCUT2D eigenvalue weighted by molar-refractivity contribution is 0.377. The van der Waals surface area contributed by atoms with E-state index < -0.39 is 0 Å². The van der Waals surface area contributed by atoms with Crippen LogP contribution in [0.15, 0.2) is 15.0 Å². The number of benzene rings is 1. The second-order valence-electron chi connectivity index (χ2n) is 4.41. The van der Waals surface area contributed by atoms with Crippen molar-refractivity contribution >= 4 is 42.9 Å². The SMILES string of the molecule is CC(C)[C@@H](C)n1nnc2c(Br)c(O)c(Br)cc21. The number of aromatic hydroxyl groups is 1. The van der Waals surface area contributed by atoms with Crippen LogP contribution in [0.25, 0.3) is 11.0 Å². The van der Waals surface area contributed by atoms with E-state index in [4.69, 9.17) is 0 Å². The zero-order valence-corrected chi connectivity index (χ0v) is 12.9. The topological polar surface area (TPSA) is 50.9 Å². The number of nitrogens with zero attached hydrogens (tertiary/aromatic N) is 3. The maximum absolute atomic E-state index is 9.79. The summed E-state index contributed by atoms with van der Waals surface area (Å²) in [6.07, 6.45) is 0. The third kappa shape index (κ3) is 2.08. The van der Waals surface area contributed by atoms with Gasteiger partial charge in [0, 0.05) is 0 Å². The first-order valence-electron chi connectivity index (χ1n) is 5.35. The summed E-state index contributed by atoms with van der Waals surface area (Å²) in [5.74, 6) is 0.619. The summed E-state index contributed by atoms with van der Waals surface area (Å²) < 4.78 is 3.09. The van der Waals surface area contributed by atoms with Crippen molar-refractivity contribution in [2.45, 2.75) is 26.8 Å². The normalized spacial score (nSPS) is 13.5. The van der Waals surface area contributed by atoms with Gasteiger partial charge in [0.2, 0.25) is 0 Å². The molecule has 0 unspecified atom stereocenters. The molecule has 1 N–H and O–H groups in total. The fourth-order valence-corrected chi connectivity index (χ4v) is 2.76. The van der Waals surface area contributed by atoms with Gasteiger partial charge in [0.25, 0.3) is 0 Å². The average molecular weight is 363 g/mol. The molecule has 0 radical (unpaired) electrons. The fraction of sp³-hybridized carbons (Fsp3) is 0.455. The summed E-state index contributed by atoms with van der Waals surface area (Å²) in [7, 11) is 0. The molecule has 1 aromatic heterocycles. The Balaban J connectivity index is 2.69. The molecule has 0 aliphatic rings. The first kappa shape index (κ1) is 12.8. The summed E-state index contributed by atoms with van der Waals surface area (Å²) in [6, 6.07) is 2.09.